The highest BCUT2D eigenvalue weighted by molar-refractivity contribution is 7.22. The van der Waals surface area contributed by atoms with Crippen molar-refractivity contribution in [3.63, 3.8) is 0 Å². The molecule has 1 heterocycles. The molecule has 0 fully saturated rings. The van der Waals surface area contributed by atoms with Crippen LogP contribution in [0.5, 0.6) is 0 Å². The van der Waals surface area contributed by atoms with Gasteiger partial charge in [0, 0.05) is 5.02 Å². The fourth-order valence-electron chi connectivity index (χ4n) is 1.88. The normalized spacial score (nSPS) is 10.7. The molecule has 1 aromatic heterocycles. The van der Waals surface area contributed by atoms with Crippen molar-refractivity contribution in [3.8, 4) is 0 Å². The maximum Gasteiger partial charge on any atom is 0.230 e. The number of benzene rings is 2. The van der Waals surface area contributed by atoms with Crippen molar-refractivity contribution >= 4 is 44.2 Å². The van der Waals surface area contributed by atoms with Crippen LogP contribution >= 0.6 is 22.9 Å². The molecule has 1 amide bonds. The summed E-state index contributed by atoms with van der Waals surface area (Å²) in [4.78, 5) is 16.3. The number of nitrogens with zero attached hydrogens (tertiary/aromatic N) is 1. The van der Waals surface area contributed by atoms with Crippen molar-refractivity contribution in [2.24, 2.45) is 0 Å². The van der Waals surface area contributed by atoms with Crippen LogP contribution in [0.15, 0.2) is 48.5 Å². The topological polar surface area (TPSA) is 42.0 Å². The van der Waals surface area contributed by atoms with Crippen molar-refractivity contribution in [1.82, 2.24) is 4.98 Å². The van der Waals surface area contributed by atoms with E-state index in [4.69, 9.17) is 11.6 Å². The summed E-state index contributed by atoms with van der Waals surface area (Å²) >= 11 is 7.29. The molecular weight excluding hydrogens is 292 g/mol. The number of fused-ring (bicyclic) bond motifs is 1. The molecular formula is C15H11ClN2OS. The fourth-order valence-corrected chi connectivity index (χ4v) is 2.88. The lowest BCUT2D eigenvalue weighted by Gasteiger charge is -2.01. The molecule has 3 nitrogen and oxygen atoms in total. The van der Waals surface area contributed by atoms with E-state index in [0.29, 0.717) is 16.6 Å². The van der Waals surface area contributed by atoms with E-state index in [1.807, 2.05) is 36.4 Å². The van der Waals surface area contributed by atoms with Crippen LogP contribution in [-0.2, 0) is 11.2 Å². The van der Waals surface area contributed by atoms with Gasteiger partial charge in [0.2, 0.25) is 5.91 Å². The Hall–Kier alpha value is -1.91. The Bertz CT molecular complexity index is 719. The quantitative estimate of drug-likeness (QED) is 0.790. The molecule has 0 radical (unpaired) electrons. The minimum atomic E-state index is -0.0774. The van der Waals surface area contributed by atoms with Crippen LogP contribution in [0.25, 0.3) is 10.2 Å². The molecule has 20 heavy (non-hydrogen) atoms. The van der Waals surface area contributed by atoms with Gasteiger partial charge in [-0.05, 0) is 29.8 Å². The number of para-hydroxylation sites is 1. The third-order valence-electron chi connectivity index (χ3n) is 2.82. The molecule has 5 heteroatoms. The van der Waals surface area contributed by atoms with Crippen LogP contribution in [0.3, 0.4) is 0 Å². The van der Waals surface area contributed by atoms with Gasteiger partial charge < -0.3 is 5.32 Å². The highest BCUT2D eigenvalue weighted by Gasteiger charge is 2.08. The molecule has 2 aromatic carbocycles. The Labute approximate surface area is 125 Å². The Morgan fingerprint density at radius 3 is 2.65 bits per heavy atom. The zero-order chi connectivity index (χ0) is 13.9. The first kappa shape index (κ1) is 13.1. The number of amides is 1. The standard InChI is InChI=1S/C15H11ClN2OS/c16-11-7-5-10(6-8-11)9-14(19)18-15-17-12-3-1-2-4-13(12)20-15/h1-8H,9H2,(H,17,18,19). The Kier molecular flexibility index (Phi) is 3.67. The van der Waals surface area contributed by atoms with E-state index in [9.17, 15) is 4.79 Å². The molecule has 0 unspecified atom stereocenters. The second-order valence-corrected chi connectivity index (χ2v) is 5.81. The highest BCUT2D eigenvalue weighted by Crippen LogP contribution is 2.25. The molecule has 0 aliphatic carbocycles. The van der Waals surface area contributed by atoms with E-state index in [0.717, 1.165) is 15.8 Å². The summed E-state index contributed by atoms with van der Waals surface area (Å²) in [6.07, 6.45) is 0.313. The minimum absolute atomic E-state index is 0.0774. The van der Waals surface area contributed by atoms with E-state index >= 15 is 0 Å². The van der Waals surface area contributed by atoms with E-state index in [-0.39, 0.29) is 5.91 Å². The van der Waals surface area contributed by atoms with Crippen molar-refractivity contribution in [2.75, 3.05) is 5.32 Å². The summed E-state index contributed by atoms with van der Waals surface area (Å²) in [7, 11) is 0. The number of hydrogen-bond acceptors (Lipinski definition) is 3. The van der Waals surface area contributed by atoms with Crippen molar-refractivity contribution < 1.29 is 4.79 Å². The Morgan fingerprint density at radius 1 is 1.15 bits per heavy atom. The summed E-state index contributed by atoms with van der Waals surface area (Å²) in [6, 6.07) is 15.1. The predicted molar refractivity (Wildman–Crippen MR) is 83.4 cm³/mol. The third kappa shape index (κ3) is 2.98. The van der Waals surface area contributed by atoms with Crippen molar-refractivity contribution in [2.45, 2.75) is 6.42 Å². The van der Waals surface area contributed by atoms with Gasteiger partial charge in [-0.25, -0.2) is 4.98 Å². The summed E-state index contributed by atoms with van der Waals surface area (Å²) in [5, 5.41) is 4.13. The zero-order valence-corrected chi connectivity index (χ0v) is 12.0. The van der Waals surface area contributed by atoms with Crippen LogP contribution in [0, 0.1) is 0 Å². The number of halogens is 1. The maximum atomic E-state index is 12.0. The Morgan fingerprint density at radius 2 is 1.90 bits per heavy atom. The number of rotatable bonds is 3. The number of nitrogens with one attached hydrogen (secondary N) is 1. The zero-order valence-electron chi connectivity index (χ0n) is 10.5. The second-order valence-electron chi connectivity index (χ2n) is 4.34. The Balaban J connectivity index is 1.70. The van der Waals surface area contributed by atoms with Crippen LogP contribution in [0.4, 0.5) is 5.13 Å². The van der Waals surface area contributed by atoms with Crippen LogP contribution in [0.1, 0.15) is 5.56 Å². The van der Waals surface area contributed by atoms with Crippen LogP contribution in [-0.4, -0.2) is 10.9 Å². The molecule has 100 valence electrons. The second kappa shape index (κ2) is 5.61. The molecule has 0 spiro atoms. The first-order valence-corrected chi connectivity index (χ1v) is 7.30. The molecule has 0 saturated heterocycles. The number of anilines is 1. The van der Waals surface area contributed by atoms with Crippen molar-refractivity contribution in [3.05, 3.63) is 59.1 Å². The number of carbonyl (C=O) groups is 1. The first-order chi connectivity index (χ1) is 9.70. The van der Waals surface area contributed by atoms with E-state index in [1.54, 1.807) is 12.1 Å². The first-order valence-electron chi connectivity index (χ1n) is 6.10. The summed E-state index contributed by atoms with van der Waals surface area (Å²) in [5.41, 5.74) is 1.83. The van der Waals surface area contributed by atoms with Gasteiger partial charge >= 0.3 is 0 Å². The average Bonchev–Trinajstić information content (AvgIpc) is 2.83. The van der Waals surface area contributed by atoms with Gasteiger partial charge in [0.05, 0.1) is 16.6 Å². The molecule has 3 rings (SSSR count). The number of aromatic nitrogens is 1. The van der Waals surface area contributed by atoms with Crippen LogP contribution in [0.2, 0.25) is 5.02 Å². The number of carbonyl (C=O) groups excluding carboxylic acids is 1. The van der Waals surface area contributed by atoms with E-state index in [2.05, 4.69) is 10.3 Å². The number of hydrogen-bond donors (Lipinski definition) is 1. The predicted octanol–water partition coefficient (Wildman–Crippen LogP) is 4.13. The highest BCUT2D eigenvalue weighted by atomic mass is 35.5. The van der Waals surface area contributed by atoms with Gasteiger partial charge in [-0.2, -0.15) is 0 Å². The summed E-state index contributed by atoms with van der Waals surface area (Å²) in [6.45, 7) is 0. The number of thiazole rings is 1. The minimum Gasteiger partial charge on any atom is -0.302 e. The largest absolute Gasteiger partial charge is 0.302 e. The van der Waals surface area contributed by atoms with Crippen molar-refractivity contribution in [1.29, 1.82) is 0 Å². The van der Waals surface area contributed by atoms with Gasteiger partial charge in [-0.3, -0.25) is 4.79 Å². The SMILES string of the molecule is O=C(Cc1ccc(Cl)cc1)Nc1nc2ccccc2s1. The lowest BCUT2D eigenvalue weighted by Crippen LogP contribution is -2.14. The van der Waals surface area contributed by atoms with Gasteiger partial charge in [0.15, 0.2) is 5.13 Å². The van der Waals surface area contributed by atoms with Gasteiger partial charge in [0.25, 0.3) is 0 Å². The summed E-state index contributed by atoms with van der Waals surface area (Å²) in [5.74, 6) is -0.0774. The fraction of sp³-hybridized carbons (Fsp3) is 0.0667. The van der Waals surface area contributed by atoms with Gasteiger partial charge in [-0.1, -0.05) is 47.2 Å². The molecule has 1 N–H and O–H groups in total. The lowest BCUT2D eigenvalue weighted by molar-refractivity contribution is -0.115. The molecule has 3 aromatic rings. The van der Waals surface area contributed by atoms with Gasteiger partial charge in [0.1, 0.15) is 0 Å². The molecule has 0 aliphatic rings. The van der Waals surface area contributed by atoms with E-state index in [1.165, 1.54) is 11.3 Å². The lowest BCUT2D eigenvalue weighted by atomic mass is 10.1. The molecule has 0 atom stereocenters. The monoisotopic (exact) mass is 302 g/mol. The van der Waals surface area contributed by atoms with Crippen LogP contribution < -0.4 is 5.32 Å². The smallest absolute Gasteiger partial charge is 0.230 e. The third-order valence-corrected chi connectivity index (χ3v) is 4.02. The molecule has 0 bridgehead atoms. The molecule has 0 saturated carbocycles. The maximum absolute atomic E-state index is 12.0. The summed E-state index contributed by atoms with van der Waals surface area (Å²) < 4.78 is 1.06. The van der Waals surface area contributed by atoms with Gasteiger partial charge in [-0.15, -0.1) is 0 Å². The molecule has 0 aliphatic heterocycles. The van der Waals surface area contributed by atoms with E-state index < -0.39 is 0 Å². The average molecular weight is 303 g/mol.